The molecule has 90 valence electrons. The second kappa shape index (κ2) is 5.34. The van der Waals surface area contributed by atoms with Crippen molar-refractivity contribution < 1.29 is 9.53 Å². The van der Waals surface area contributed by atoms with Crippen molar-refractivity contribution >= 4 is 5.97 Å². The molecule has 2 unspecified atom stereocenters. The number of hydrogen-bond donors (Lipinski definition) is 0. The van der Waals surface area contributed by atoms with Crippen LogP contribution in [0.3, 0.4) is 0 Å². The largest absolute Gasteiger partial charge is 0.454 e. The average Bonchev–Trinajstić information content (AvgIpc) is 2.29. The third-order valence-corrected chi connectivity index (χ3v) is 3.53. The van der Waals surface area contributed by atoms with E-state index >= 15 is 0 Å². The first-order chi connectivity index (χ1) is 7.51. The van der Waals surface area contributed by atoms with Gasteiger partial charge in [0.05, 0.1) is 5.41 Å². The Morgan fingerprint density at radius 3 is 2.62 bits per heavy atom. The minimum Gasteiger partial charge on any atom is -0.454 e. The molecule has 0 amide bonds. The fourth-order valence-corrected chi connectivity index (χ4v) is 1.80. The molecule has 1 aliphatic rings. The summed E-state index contributed by atoms with van der Waals surface area (Å²) < 4.78 is 5.50. The summed E-state index contributed by atoms with van der Waals surface area (Å²) >= 11 is 0. The third kappa shape index (κ3) is 2.98. The Labute approximate surface area is 98.0 Å². The van der Waals surface area contributed by atoms with Gasteiger partial charge in [0.2, 0.25) is 0 Å². The molecular weight excluding hydrogens is 202 g/mol. The molecule has 1 aliphatic carbocycles. The fraction of sp³-hybridized carbons (Fsp3) is 0.846. The van der Waals surface area contributed by atoms with Gasteiger partial charge in [-0.25, -0.2) is 6.57 Å². The van der Waals surface area contributed by atoms with Crippen molar-refractivity contribution in [2.24, 2.45) is 5.41 Å². The molecule has 2 atom stereocenters. The zero-order valence-electron chi connectivity index (χ0n) is 10.5. The average molecular weight is 223 g/mol. The van der Waals surface area contributed by atoms with Gasteiger partial charge in [0.15, 0.2) is 6.10 Å². The van der Waals surface area contributed by atoms with Gasteiger partial charge in [-0.15, -0.1) is 0 Å². The van der Waals surface area contributed by atoms with Gasteiger partial charge in [-0.05, 0) is 39.5 Å². The minimum absolute atomic E-state index is 0.120. The van der Waals surface area contributed by atoms with E-state index in [0.29, 0.717) is 0 Å². The lowest BCUT2D eigenvalue weighted by Crippen LogP contribution is -2.36. The van der Waals surface area contributed by atoms with Gasteiger partial charge in [0, 0.05) is 6.42 Å². The van der Waals surface area contributed by atoms with Crippen LogP contribution in [0.4, 0.5) is 0 Å². The predicted octanol–water partition coefficient (Wildman–Crippen LogP) is 3.20. The summed E-state index contributed by atoms with van der Waals surface area (Å²) in [6.45, 7) is 12.9. The van der Waals surface area contributed by atoms with Crippen molar-refractivity contribution in [2.75, 3.05) is 0 Å². The van der Waals surface area contributed by atoms with Crippen LogP contribution >= 0.6 is 0 Å². The molecule has 0 aromatic rings. The Morgan fingerprint density at radius 1 is 1.44 bits per heavy atom. The van der Waals surface area contributed by atoms with Crippen molar-refractivity contribution in [1.29, 1.82) is 0 Å². The fourth-order valence-electron chi connectivity index (χ4n) is 1.80. The third-order valence-electron chi connectivity index (χ3n) is 3.53. The number of carbonyl (C=O) groups is 1. The lowest BCUT2D eigenvalue weighted by atomic mass is 9.89. The minimum atomic E-state index is -0.427. The first-order valence-electron chi connectivity index (χ1n) is 6.09. The Balaban J connectivity index is 2.59. The van der Waals surface area contributed by atoms with Gasteiger partial charge in [-0.3, -0.25) is 4.79 Å². The smallest absolute Gasteiger partial charge is 0.312 e. The summed E-state index contributed by atoms with van der Waals surface area (Å²) in [6, 6.07) is -0.120. The molecule has 0 spiro atoms. The second-order valence-corrected chi connectivity index (χ2v) is 5.16. The van der Waals surface area contributed by atoms with Crippen LogP contribution in [0, 0.1) is 12.0 Å². The summed E-state index contributed by atoms with van der Waals surface area (Å²) in [6.07, 6.45) is 4.45. The normalized spacial score (nSPS) is 25.9. The van der Waals surface area contributed by atoms with E-state index in [1.165, 1.54) is 0 Å². The lowest BCUT2D eigenvalue weighted by molar-refractivity contribution is -0.161. The van der Waals surface area contributed by atoms with Gasteiger partial charge < -0.3 is 9.58 Å². The van der Waals surface area contributed by atoms with Crippen LogP contribution in [0.5, 0.6) is 0 Å². The highest BCUT2D eigenvalue weighted by Gasteiger charge is 2.36. The predicted molar refractivity (Wildman–Crippen MR) is 62.8 cm³/mol. The molecule has 3 heteroatoms. The maximum Gasteiger partial charge on any atom is 0.312 e. The summed E-state index contributed by atoms with van der Waals surface area (Å²) in [7, 11) is 0. The highest BCUT2D eigenvalue weighted by atomic mass is 16.5. The van der Waals surface area contributed by atoms with Crippen LogP contribution in [-0.4, -0.2) is 18.1 Å². The molecule has 0 saturated heterocycles. The van der Waals surface area contributed by atoms with Crippen LogP contribution in [-0.2, 0) is 9.53 Å². The van der Waals surface area contributed by atoms with Crippen LogP contribution < -0.4 is 0 Å². The molecule has 16 heavy (non-hydrogen) atoms. The quantitative estimate of drug-likeness (QED) is 0.543. The number of carbonyl (C=O) groups excluding carboxylic acids is 1. The highest BCUT2D eigenvalue weighted by Crippen LogP contribution is 2.28. The first kappa shape index (κ1) is 13.0. The van der Waals surface area contributed by atoms with Crippen molar-refractivity contribution in [3.05, 3.63) is 11.4 Å². The van der Waals surface area contributed by atoms with Gasteiger partial charge in [-0.1, -0.05) is 6.92 Å². The highest BCUT2D eigenvalue weighted by molar-refractivity contribution is 5.76. The maximum absolute atomic E-state index is 11.9. The maximum atomic E-state index is 11.9. The number of hydrogen-bond acceptors (Lipinski definition) is 2. The van der Waals surface area contributed by atoms with E-state index in [9.17, 15) is 4.79 Å². The zero-order chi connectivity index (χ0) is 12.2. The number of ether oxygens (including phenoxy) is 1. The Kier molecular flexibility index (Phi) is 4.35. The summed E-state index contributed by atoms with van der Waals surface area (Å²) in [4.78, 5) is 15.5. The van der Waals surface area contributed by atoms with Crippen molar-refractivity contribution in [3.8, 4) is 0 Å². The Morgan fingerprint density at radius 2 is 2.06 bits per heavy atom. The Bertz CT molecular complexity index is 291. The zero-order valence-corrected chi connectivity index (χ0v) is 10.5. The number of esters is 1. The first-order valence-corrected chi connectivity index (χ1v) is 6.09. The standard InChI is InChI=1S/C13H21NO2/c1-5-13(2,3)12(15)16-11-9-7-6-8-10(11)14-4/h10-11H,5-9H2,1-3H3. The van der Waals surface area contributed by atoms with Crippen LogP contribution in [0.25, 0.3) is 4.85 Å². The topological polar surface area (TPSA) is 30.7 Å². The van der Waals surface area contributed by atoms with Crippen molar-refractivity contribution in [1.82, 2.24) is 0 Å². The van der Waals surface area contributed by atoms with Gasteiger partial charge >= 0.3 is 5.97 Å². The SMILES string of the molecule is [C-]#[N+]C1CCCCC1OC(=O)C(C)(C)CC. The summed E-state index contributed by atoms with van der Waals surface area (Å²) in [5.74, 6) is -0.157. The van der Waals surface area contributed by atoms with E-state index in [0.717, 1.165) is 32.1 Å². The van der Waals surface area contributed by atoms with Gasteiger partial charge in [-0.2, -0.15) is 0 Å². The molecule has 1 fully saturated rings. The molecule has 0 heterocycles. The molecule has 1 saturated carbocycles. The molecule has 1 rings (SSSR count). The molecule has 0 radical (unpaired) electrons. The van der Waals surface area contributed by atoms with E-state index in [1.54, 1.807) is 0 Å². The molecule has 0 aromatic carbocycles. The van der Waals surface area contributed by atoms with E-state index < -0.39 is 5.41 Å². The van der Waals surface area contributed by atoms with Crippen LogP contribution in [0.2, 0.25) is 0 Å². The molecule has 0 aromatic heterocycles. The van der Waals surface area contributed by atoms with Crippen molar-refractivity contribution in [3.63, 3.8) is 0 Å². The lowest BCUT2D eigenvalue weighted by Gasteiger charge is -2.28. The van der Waals surface area contributed by atoms with Gasteiger partial charge in [0.1, 0.15) is 0 Å². The number of rotatable bonds is 3. The monoisotopic (exact) mass is 223 g/mol. The van der Waals surface area contributed by atoms with Crippen LogP contribution in [0.1, 0.15) is 52.9 Å². The van der Waals surface area contributed by atoms with Gasteiger partial charge in [0.25, 0.3) is 6.04 Å². The molecule has 0 bridgehead atoms. The van der Waals surface area contributed by atoms with E-state index in [1.807, 2.05) is 20.8 Å². The summed E-state index contributed by atoms with van der Waals surface area (Å²) in [5.41, 5.74) is -0.427. The van der Waals surface area contributed by atoms with Crippen LogP contribution in [0.15, 0.2) is 0 Å². The molecule has 3 nitrogen and oxygen atoms in total. The summed E-state index contributed by atoms with van der Waals surface area (Å²) in [5, 5.41) is 0. The van der Waals surface area contributed by atoms with E-state index in [4.69, 9.17) is 11.3 Å². The van der Waals surface area contributed by atoms with Crippen molar-refractivity contribution in [2.45, 2.75) is 65.0 Å². The van der Waals surface area contributed by atoms with E-state index in [-0.39, 0.29) is 18.1 Å². The number of nitrogens with zero attached hydrogens (tertiary/aromatic N) is 1. The molecule has 0 aliphatic heterocycles. The Hall–Kier alpha value is -1.04. The molecule has 0 N–H and O–H groups in total. The molecular formula is C13H21NO2. The second-order valence-electron chi connectivity index (χ2n) is 5.16. The van der Waals surface area contributed by atoms with E-state index in [2.05, 4.69) is 4.85 Å².